The first kappa shape index (κ1) is 22.3. The van der Waals surface area contributed by atoms with Gasteiger partial charge in [-0.1, -0.05) is 12.1 Å². The summed E-state index contributed by atoms with van der Waals surface area (Å²) in [5.74, 6) is 0.724. The Bertz CT molecular complexity index is 1330. The van der Waals surface area contributed by atoms with Crippen molar-refractivity contribution in [2.24, 2.45) is 5.10 Å². The van der Waals surface area contributed by atoms with Crippen molar-refractivity contribution in [2.75, 3.05) is 16.1 Å². The van der Waals surface area contributed by atoms with Crippen LogP contribution in [-0.2, 0) is 0 Å². The Kier molecular flexibility index (Phi) is 6.63. The molecule has 11 nitrogen and oxygen atoms in total. The average Bonchev–Trinajstić information content (AvgIpc) is 2.82. The molecule has 2 aromatic carbocycles. The molecule has 0 aliphatic heterocycles. The monoisotopic (exact) mass is 455 g/mol. The van der Waals surface area contributed by atoms with E-state index in [4.69, 9.17) is 0 Å². The van der Waals surface area contributed by atoms with Gasteiger partial charge in [0.25, 0.3) is 5.69 Å². The summed E-state index contributed by atoms with van der Waals surface area (Å²) in [6.07, 6.45) is 4.95. The number of nitro benzene ring substituents is 1. The zero-order valence-corrected chi connectivity index (χ0v) is 18.4. The van der Waals surface area contributed by atoms with Gasteiger partial charge in [-0.25, -0.2) is 5.43 Å². The number of nitrogens with one attached hydrogen (secondary N) is 3. The number of hydrogen-bond donors (Lipinski definition) is 3. The first-order valence-corrected chi connectivity index (χ1v) is 10.3. The Balaban J connectivity index is 1.59. The maximum atomic E-state index is 10.9. The molecule has 0 fully saturated rings. The maximum Gasteiger partial charge on any atom is 0.269 e. The van der Waals surface area contributed by atoms with Gasteiger partial charge >= 0.3 is 0 Å². The van der Waals surface area contributed by atoms with Gasteiger partial charge in [-0.15, -0.1) is 0 Å². The fraction of sp³-hybridized carbons (Fsp3) is 0.0870. The summed E-state index contributed by atoms with van der Waals surface area (Å²) in [5.41, 5.74) is 7.30. The fourth-order valence-corrected chi connectivity index (χ4v) is 2.90. The molecule has 170 valence electrons. The zero-order valence-electron chi connectivity index (χ0n) is 18.4. The maximum absolute atomic E-state index is 10.9. The van der Waals surface area contributed by atoms with Gasteiger partial charge in [0.15, 0.2) is 0 Å². The number of aryl methyl sites for hydroxylation is 2. The van der Waals surface area contributed by atoms with Crippen molar-refractivity contribution in [1.29, 1.82) is 0 Å². The highest BCUT2D eigenvalue weighted by Gasteiger charge is 2.09. The lowest BCUT2D eigenvalue weighted by atomic mass is 10.1. The summed E-state index contributed by atoms with van der Waals surface area (Å²) >= 11 is 0. The number of pyridine rings is 1. The minimum absolute atomic E-state index is 0.00890. The Morgan fingerprint density at radius 2 is 1.56 bits per heavy atom. The SMILES string of the molecule is Cc1ccc(Nc2nc(N/N=C\c3cccnc3)nc(Nc3ccc([N+](=O)[O-])cc3)n2)cc1C. The third-order valence-corrected chi connectivity index (χ3v) is 4.80. The molecule has 11 heteroatoms. The van der Waals surface area contributed by atoms with Crippen LogP contribution >= 0.6 is 0 Å². The van der Waals surface area contributed by atoms with Crippen LogP contribution in [0.5, 0.6) is 0 Å². The predicted molar refractivity (Wildman–Crippen MR) is 131 cm³/mol. The van der Waals surface area contributed by atoms with E-state index < -0.39 is 4.92 Å². The van der Waals surface area contributed by atoms with E-state index in [0.717, 1.165) is 16.8 Å². The summed E-state index contributed by atoms with van der Waals surface area (Å²) in [7, 11) is 0. The average molecular weight is 455 g/mol. The second-order valence-electron chi connectivity index (χ2n) is 7.32. The first-order chi connectivity index (χ1) is 16.5. The number of nitro groups is 1. The molecule has 0 saturated carbocycles. The van der Waals surface area contributed by atoms with E-state index in [0.29, 0.717) is 11.6 Å². The van der Waals surface area contributed by atoms with Crippen molar-refractivity contribution in [2.45, 2.75) is 13.8 Å². The summed E-state index contributed by atoms with van der Waals surface area (Å²) in [6.45, 7) is 4.06. The van der Waals surface area contributed by atoms with Crippen molar-refractivity contribution in [3.05, 3.63) is 93.8 Å². The molecule has 34 heavy (non-hydrogen) atoms. The summed E-state index contributed by atoms with van der Waals surface area (Å²) in [6, 6.07) is 15.6. The van der Waals surface area contributed by atoms with Crippen LogP contribution in [0.3, 0.4) is 0 Å². The van der Waals surface area contributed by atoms with Gasteiger partial charge in [0.05, 0.1) is 11.1 Å². The second-order valence-corrected chi connectivity index (χ2v) is 7.32. The first-order valence-electron chi connectivity index (χ1n) is 10.3. The Hall–Kier alpha value is -4.93. The number of benzene rings is 2. The lowest BCUT2D eigenvalue weighted by Gasteiger charge is -2.11. The Labute approximate surface area is 195 Å². The third-order valence-electron chi connectivity index (χ3n) is 4.80. The molecule has 0 saturated heterocycles. The molecule has 0 unspecified atom stereocenters. The van der Waals surface area contributed by atoms with Gasteiger partial charge in [0.2, 0.25) is 17.8 Å². The smallest absolute Gasteiger partial charge is 0.269 e. The lowest BCUT2D eigenvalue weighted by Crippen LogP contribution is -2.07. The standard InChI is InChI=1S/C23H21N9O2/c1-15-5-6-19(12-16(15)2)27-22-28-21(26-18-7-9-20(10-8-18)32(33)34)29-23(30-22)31-25-14-17-4-3-11-24-13-17/h3-14H,1-2H3,(H3,26,27,28,29,30,31)/b25-14-. The summed E-state index contributed by atoms with van der Waals surface area (Å²) in [5, 5.41) is 21.3. The number of rotatable bonds is 8. The molecule has 4 aromatic rings. The molecule has 0 spiro atoms. The van der Waals surface area contributed by atoms with Gasteiger partial charge in [0, 0.05) is 41.5 Å². The molecule has 2 aromatic heterocycles. The molecule has 0 amide bonds. The topological polar surface area (TPSA) is 143 Å². The van der Waals surface area contributed by atoms with E-state index in [-0.39, 0.29) is 17.6 Å². The van der Waals surface area contributed by atoms with Gasteiger partial charge in [-0.05, 0) is 55.3 Å². The third kappa shape index (κ3) is 5.85. The van der Waals surface area contributed by atoms with Gasteiger partial charge in [-0.3, -0.25) is 15.1 Å². The van der Waals surface area contributed by atoms with E-state index >= 15 is 0 Å². The van der Waals surface area contributed by atoms with Crippen molar-refractivity contribution in [3.8, 4) is 0 Å². The lowest BCUT2D eigenvalue weighted by molar-refractivity contribution is -0.384. The molecular formula is C23H21N9O2. The number of hydrazone groups is 1. The van der Waals surface area contributed by atoms with Crippen LogP contribution in [0.15, 0.2) is 72.1 Å². The van der Waals surface area contributed by atoms with E-state index in [9.17, 15) is 10.1 Å². The highest BCUT2D eigenvalue weighted by Crippen LogP contribution is 2.22. The number of nitrogens with zero attached hydrogens (tertiary/aromatic N) is 6. The number of non-ortho nitro benzene ring substituents is 1. The van der Waals surface area contributed by atoms with E-state index in [1.54, 1.807) is 30.7 Å². The molecule has 4 rings (SSSR count). The highest BCUT2D eigenvalue weighted by atomic mass is 16.6. The van der Waals surface area contributed by atoms with E-state index in [1.165, 1.54) is 17.7 Å². The summed E-state index contributed by atoms with van der Waals surface area (Å²) < 4.78 is 0. The van der Waals surface area contributed by atoms with Gasteiger partial charge in [0.1, 0.15) is 0 Å². The molecule has 0 atom stereocenters. The largest absolute Gasteiger partial charge is 0.324 e. The van der Waals surface area contributed by atoms with Crippen LogP contribution in [0, 0.1) is 24.0 Å². The van der Waals surface area contributed by atoms with Crippen molar-refractivity contribution < 1.29 is 4.92 Å². The highest BCUT2D eigenvalue weighted by molar-refractivity contribution is 5.79. The minimum atomic E-state index is -0.458. The molecule has 3 N–H and O–H groups in total. The Morgan fingerprint density at radius 1 is 0.882 bits per heavy atom. The molecule has 0 aliphatic rings. The van der Waals surface area contributed by atoms with Gasteiger partial charge < -0.3 is 10.6 Å². The molecular weight excluding hydrogens is 434 g/mol. The molecule has 0 bridgehead atoms. The normalized spacial score (nSPS) is 10.8. The molecule has 0 radical (unpaired) electrons. The van der Waals surface area contributed by atoms with Crippen molar-refractivity contribution in [1.82, 2.24) is 19.9 Å². The molecule has 0 aliphatic carbocycles. The quantitative estimate of drug-likeness (QED) is 0.195. The van der Waals surface area contributed by atoms with Crippen LogP contribution < -0.4 is 16.1 Å². The van der Waals surface area contributed by atoms with E-state index in [2.05, 4.69) is 41.1 Å². The van der Waals surface area contributed by atoms with Crippen LogP contribution in [0.2, 0.25) is 0 Å². The second kappa shape index (κ2) is 10.1. The van der Waals surface area contributed by atoms with Crippen LogP contribution in [0.25, 0.3) is 0 Å². The fourth-order valence-electron chi connectivity index (χ4n) is 2.90. The van der Waals surface area contributed by atoms with Crippen LogP contribution in [0.4, 0.5) is 34.9 Å². The van der Waals surface area contributed by atoms with Crippen molar-refractivity contribution >= 4 is 41.1 Å². The molecule has 2 heterocycles. The number of anilines is 5. The van der Waals surface area contributed by atoms with E-state index in [1.807, 2.05) is 44.2 Å². The Morgan fingerprint density at radius 3 is 2.21 bits per heavy atom. The predicted octanol–water partition coefficient (Wildman–Crippen LogP) is 4.72. The number of hydrogen-bond acceptors (Lipinski definition) is 10. The number of aromatic nitrogens is 4. The summed E-state index contributed by atoms with van der Waals surface area (Å²) in [4.78, 5) is 27.6. The van der Waals surface area contributed by atoms with Gasteiger partial charge in [-0.2, -0.15) is 20.1 Å². The van der Waals surface area contributed by atoms with Crippen LogP contribution in [0.1, 0.15) is 16.7 Å². The van der Waals surface area contributed by atoms with Crippen molar-refractivity contribution in [3.63, 3.8) is 0 Å². The van der Waals surface area contributed by atoms with Crippen LogP contribution in [-0.4, -0.2) is 31.1 Å². The zero-order chi connectivity index (χ0) is 23.9. The minimum Gasteiger partial charge on any atom is -0.324 e.